The summed E-state index contributed by atoms with van der Waals surface area (Å²) < 4.78 is 0. The summed E-state index contributed by atoms with van der Waals surface area (Å²) >= 11 is 1.52. The number of hydrogen-bond donors (Lipinski definition) is 2. The quantitative estimate of drug-likeness (QED) is 0.655. The highest BCUT2D eigenvalue weighted by molar-refractivity contribution is 7.09. The molecule has 2 aromatic rings. The Bertz CT molecular complexity index is 626. The van der Waals surface area contributed by atoms with Crippen LogP contribution in [0.5, 0.6) is 0 Å². The van der Waals surface area contributed by atoms with Crippen molar-refractivity contribution in [2.24, 2.45) is 0 Å². The van der Waals surface area contributed by atoms with Crippen molar-refractivity contribution >= 4 is 28.6 Å². The van der Waals surface area contributed by atoms with Gasteiger partial charge in [0.1, 0.15) is 5.56 Å². The molecular formula is C13H13N3O3S. The maximum atomic E-state index is 12.1. The number of thiophene rings is 1. The molecule has 0 radical (unpaired) electrons. The van der Waals surface area contributed by atoms with E-state index in [2.05, 4.69) is 10.6 Å². The number of anilines is 1. The fraction of sp³-hybridized carbons (Fsp3) is 0.154. The second-order valence-electron chi connectivity index (χ2n) is 4.00. The van der Waals surface area contributed by atoms with Crippen molar-refractivity contribution in [2.75, 3.05) is 12.4 Å². The average Bonchev–Trinajstić information content (AvgIpc) is 2.97. The van der Waals surface area contributed by atoms with Crippen LogP contribution in [0.4, 0.5) is 11.4 Å². The number of carbonyl (C=O) groups is 1. The van der Waals surface area contributed by atoms with Crippen molar-refractivity contribution in [1.29, 1.82) is 0 Å². The molecule has 0 aliphatic heterocycles. The van der Waals surface area contributed by atoms with Crippen LogP contribution in [0.3, 0.4) is 0 Å². The van der Waals surface area contributed by atoms with E-state index in [4.69, 9.17) is 0 Å². The first-order valence-corrected chi connectivity index (χ1v) is 6.76. The Labute approximate surface area is 119 Å². The van der Waals surface area contributed by atoms with E-state index in [9.17, 15) is 14.9 Å². The summed E-state index contributed by atoms with van der Waals surface area (Å²) in [6.45, 7) is 0.359. The fourth-order valence-electron chi connectivity index (χ4n) is 1.71. The van der Waals surface area contributed by atoms with E-state index >= 15 is 0 Å². The van der Waals surface area contributed by atoms with Gasteiger partial charge in [0.05, 0.1) is 11.5 Å². The monoisotopic (exact) mass is 291 g/mol. The number of amides is 1. The third kappa shape index (κ3) is 3.12. The third-order valence-electron chi connectivity index (χ3n) is 2.73. The lowest BCUT2D eigenvalue weighted by atomic mass is 10.1. The Morgan fingerprint density at radius 1 is 1.40 bits per heavy atom. The number of hydrogen-bond acceptors (Lipinski definition) is 5. The SMILES string of the molecule is CNc1ccc([N+](=O)[O-])c(C(=O)NCc2cccs2)c1. The number of benzene rings is 1. The maximum Gasteiger partial charge on any atom is 0.282 e. The largest absolute Gasteiger partial charge is 0.388 e. The lowest BCUT2D eigenvalue weighted by Crippen LogP contribution is -2.23. The number of rotatable bonds is 5. The van der Waals surface area contributed by atoms with E-state index in [0.29, 0.717) is 12.2 Å². The van der Waals surface area contributed by atoms with Gasteiger partial charge in [-0.1, -0.05) is 6.07 Å². The molecule has 0 spiro atoms. The zero-order valence-corrected chi connectivity index (χ0v) is 11.6. The predicted molar refractivity (Wildman–Crippen MR) is 78.1 cm³/mol. The van der Waals surface area contributed by atoms with Crippen molar-refractivity contribution in [3.63, 3.8) is 0 Å². The van der Waals surface area contributed by atoms with Crippen molar-refractivity contribution in [3.8, 4) is 0 Å². The maximum absolute atomic E-state index is 12.1. The van der Waals surface area contributed by atoms with E-state index in [1.807, 2.05) is 17.5 Å². The highest BCUT2D eigenvalue weighted by atomic mass is 32.1. The normalized spacial score (nSPS) is 10.1. The number of nitro benzene ring substituents is 1. The minimum absolute atomic E-state index is 0.0541. The topological polar surface area (TPSA) is 84.3 Å². The molecule has 7 heteroatoms. The first kappa shape index (κ1) is 14.0. The molecule has 0 aliphatic rings. The Kier molecular flexibility index (Phi) is 4.31. The standard InChI is InChI=1S/C13H13N3O3S/c1-14-9-4-5-12(16(18)19)11(7-9)13(17)15-8-10-3-2-6-20-10/h2-7,14H,8H2,1H3,(H,15,17). The summed E-state index contributed by atoms with van der Waals surface area (Å²) in [5, 5.41) is 18.4. The molecule has 104 valence electrons. The smallest absolute Gasteiger partial charge is 0.282 e. The van der Waals surface area contributed by atoms with E-state index in [1.165, 1.54) is 23.5 Å². The third-order valence-corrected chi connectivity index (χ3v) is 3.61. The van der Waals surface area contributed by atoms with Crippen LogP contribution in [0.1, 0.15) is 15.2 Å². The highest BCUT2D eigenvalue weighted by Gasteiger charge is 2.20. The average molecular weight is 291 g/mol. The van der Waals surface area contributed by atoms with Crippen molar-refractivity contribution in [1.82, 2.24) is 5.32 Å². The molecule has 0 saturated carbocycles. The summed E-state index contributed by atoms with van der Waals surface area (Å²) in [5.41, 5.74) is 0.503. The lowest BCUT2D eigenvalue weighted by molar-refractivity contribution is -0.385. The molecule has 0 bridgehead atoms. The van der Waals surface area contributed by atoms with Gasteiger partial charge in [0.15, 0.2) is 0 Å². The molecule has 2 rings (SSSR count). The molecule has 6 nitrogen and oxygen atoms in total. The van der Waals surface area contributed by atoms with E-state index in [1.54, 1.807) is 13.1 Å². The minimum Gasteiger partial charge on any atom is -0.388 e. The van der Waals surface area contributed by atoms with Crippen LogP contribution in [-0.4, -0.2) is 17.9 Å². The molecule has 1 amide bonds. The predicted octanol–water partition coefficient (Wildman–Crippen LogP) is 2.63. The van der Waals surface area contributed by atoms with Crippen LogP contribution < -0.4 is 10.6 Å². The van der Waals surface area contributed by atoms with Crippen LogP contribution >= 0.6 is 11.3 Å². The van der Waals surface area contributed by atoms with Crippen molar-refractivity contribution < 1.29 is 9.72 Å². The number of carbonyl (C=O) groups excluding carboxylic acids is 1. The van der Waals surface area contributed by atoms with Crippen LogP contribution in [0.25, 0.3) is 0 Å². The van der Waals surface area contributed by atoms with Crippen molar-refractivity contribution in [3.05, 3.63) is 56.3 Å². The van der Waals surface area contributed by atoms with Gasteiger partial charge >= 0.3 is 0 Å². The number of nitrogens with one attached hydrogen (secondary N) is 2. The summed E-state index contributed by atoms with van der Waals surface area (Å²) in [5.74, 6) is -0.456. The van der Waals surface area contributed by atoms with Crippen LogP contribution in [0.15, 0.2) is 35.7 Å². The Morgan fingerprint density at radius 2 is 2.20 bits per heavy atom. The summed E-state index contributed by atoms with van der Waals surface area (Å²) in [4.78, 5) is 23.5. The second kappa shape index (κ2) is 6.16. The molecule has 0 saturated heterocycles. The summed E-state index contributed by atoms with van der Waals surface area (Å²) in [6, 6.07) is 8.14. The van der Waals surface area contributed by atoms with E-state index < -0.39 is 10.8 Å². The van der Waals surface area contributed by atoms with Crippen molar-refractivity contribution in [2.45, 2.75) is 6.54 Å². The van der Waals surface area contributed by atoms with Gasteiger partial charge < -0.3 is 10.6 Å². The molecule has 0 unspecified atom stereocenters. The van der Waals surface area contributed by atoms with Gasteiger partial charge in [-0.15, -0.1) is 11.3 Å². The molecule has 1 aromatic carbocycles. The van der Waals surface area contributed by atoms with Gasteiger partial charge in [0.2, 0.25) is 0 Å². The molecule has 0 fully saturated rings. The molecule has 2 N–H and O–H groups in total. The van der Waals surface area contributed by atoms with Gasteiger partial charge in [0, 0.05) is 23.7 Å². The van der Waals surface area contributed by atoms with Gasteiger partial charge in [-0.3, -0.25) is 14.9 Å². The first-order chi connectivity index (χ1) is 9.61. The second-order valence-corrected chi connectivity index (χ2v) is 5.03. The molecular weight excluding hydrogens is 278 g/mol. The van der Waals surface area contributed by atoms with E-state index in [0.717, 1.165) is 4.88 Å². The zero-order chi connectivity index (χ0) is 14.5. The zero-order valence-electron chi connectivity index (χ0n) is 10.8. The Hall–Kier alpha value is -2.41. The fourth-order valence-corrected chi connectivity index (χ4v) is 2.35. The van der Waals surface area contributed by atoms with Crippen LogP contribution in [0, 0.1) is 10.1 Å². The van der Waals surface area contributed by atoms with Gasteiger partial charge in [-0.2, -0.15) is 0 Å². The minimum atomic E-state index is -0.556. The molecule has 0 atom stereocenters. The Morgan fingerprint density at radius 3 is 2.80 bits per heavy atom. The number of nitro groups is 1. The molecule has 20 heavy (non-hydrogen) atoms. The molecule has 1 aromatic heterocycles. The summed E-state index contributed by atoms with van der Waals surface area (Å²) in [6.07, 6.45) is 0. The van der Waals surface area contributed by atoms with Gasteiger partial charge in [-0.25, -0.2) is 0 Å². The van der Waals surface area contributed by atoms with Gasteiger partial charge in [0.25, 0.3) is 11.6 Å². The van der Waals surface area contributed by atoms with E-state index in [-0.39, 0.29) is 11.3 Å². The van der Waals surface area contributed by atoms with Crippen LogP contribution in [0.2, 0.25) is 0 Å². The molecule has 0 aliphatic carbocycles. The lowest BCUT2D eigenvalue weighted by Gasteiger charge is -2.07. The van der Waals surface area contributed by atoms with Crippen LogP contribution in [-0.2, 0) is 6.54 Å². The van der Waals surface area contributed by atoms with Gasteiger partial charge in [-0.05, 0) is 23.6 Å². The Balaban J connectivity index is 2.20. The first-order valence-electron chi connectivity index (χ1n) is 5.88. The number of nitrogens with zero attached hydrogens (tertiary/aromatic N) is 1. The highest BCUT2D eigenvalue weighted by Crippen LogP contribution is 2.22. The molecule has 1 heterocycles. The summed E-state index contributed by atoms with van der Waals surface area (Å²) in [7, 11) is 1.69.